The second kappa shape index (κ2) is 10.6. The van der Waals surface area contributed by atoms with Crippen LogP contribution in [-0.2, 0) is 14.6 Å². The lowest BCUT2D eigenvalue weighted by Gasteiger charge is -2.31. The molecule has 0 spiro atoms. The van der Waals surface area contributed by atoms with Crippen molar-refractivity contribution in [1.29, 1.82) is 5.26 Å². The number of amides is 1. The van der Waals surface area contributed by atoms with Gasteiger partial charge in [0.15, 0.2) is 9.84 Å². The Morgan fingerprint density at radius 3 is 2.50 bits per heavy atom. The van der Waals surface area contributed by atoms with Crippen LogP contribution in [0, 0.1) is 23.1 Å². The van der Waals surface area contributed by atoms with E-state index >= 15 is 0 Å². The molecule has 0 unspecified atom stereocenters. The Bertz CT molecular complexity index is 1560. The quantitative estimate of drug-likeness (QED) is 0.450. The molecule has 3 heterocycles. The summed E-state index contributed by atoms with van der Waals surface area (Å²) in [4.78, 5) is 25.5. The molecule has 1 saturated heterocycles. The van der Waals surface area contributed by atoms with Gasteiger partial charge in [0.05, 0.1) is 34.3 Å². The van der Waals surface area contributed by atoms with Gasteiger partial charge in [-0.05, 0) is 49.4 Å². The summed E-state index contributed by atoms with van der Waals surface area (Å²) in [6.45, 7) is 0.931. The number of carbonyl (C=O) groups is 1. The number of nitriles is 1. The second-order valence-electron chi connectivity index (χ2n) is 11.0. The van der Waals surface area contributed by atoms with Crippen LogP contribution in [0.4, 0.5) is 10.1 Å². The average molecular weight is 580 g/mol. The van der Waals surface area contributed by atoms with Crippen molar-refractivity contribution in [2.45, 2.75) is 50.0 Å². The Morgan fingerprint density at radius 2 is 1.82 bits per heavy atom. The number of pyridine rings is 1. The lowest BCUT2D eigenvalue weighted by molar-refractivity contribution is -0.127. The summed E-state index contributed by atoms with van der Waals surface area (Å²) in [7, 11) is -2.97. The molecule has 2 atom stereocenters. The summed E-state index contributed by atoms with van der Waals surface area (Å²) in [6, 6.07) is 11.7. The van der Waals surface area contributed by atoms with Crippen molar-refractivity contribution >= 4 is 32.8 Å². The average Bonchev–Trinajstić information content (AvgIpc) is 3.59. The zero-order valence-electron chi connectivity index (χ0n) is 22.0. The van der Waals surface area contributed by atoms with Crippen LogP contribution in [0.2, 0.25) is 0 Å². The van der Waals surface area contributed by atoms with E-state index in [-0.39, 0.29) is 29.2 Å². The van der Waals surface area contributed by atoms with E-state index in [0.717, 1.165) is 53.7 Å². The molecule has 1 aliphatic heterocycles. The normalized spacial score (nSPS) is 23.2. The summed E-state index contributed by atoms with van der Waals surface area (Å²) >= 11 is 1.46. The van der Waals surface area contributed by atoms with Gasteiger partial charge in [-0.1, -0.05) is 25.0 Å². The maximum Gasteiger partial charge on any atom is 0.225 e. The molecule has 3 fully saturated rings. The first-order valence-electron chi connectivity index (χ1n) is 13.7. The number of sulfone groups is 1. The van der Waals surface area contributed by atoms with E-state index < -0.39 is 21.2 Å². The molecular formula is C29H30FN5O3S2. The summed E-state index contributed by atoms with van der Waals surface area (Å²) in [5.74, 6) is -0.657. The third kappa shape index (κ3) is 5.47. The number of aromatic nitrogens is 2. The van der Waals surface area contributed by atoms with Gasteiger partial charge in [0.1, 0.15) is 16.4 Å². The first-order valence-corrected chi connectivity index (χ1v) is 16.3. The first-order chi connectivity index (χ1) is 19.3. The summed E-state index contributed by atoms with van der Waals surface area (Å²) < 4.78 is 37.8. The fourth-order valence-electron chi connectivity index (χ4n) is 5.73. The molecular weight excluding hydrogens is 549 g/mol. The van der Waals surface area contributed by atoms with Crippen LogP contribution in [0.1, 0.15) is 50.1 Å². The second-order valence-corrected chi connectivity index (χ2v) is 14.3. The Hall–Kier alpha value is -3.36. The number of nitrogens with one attached hydrogen (secondary N) is 1. The molecule has 2 aliphatic carbocycles. The molecule has 3 aromatic rings. The van der Waals surface area contributed by atoms with Crippen LogP contribution in [0.25, 0.3) is 21.0 Å². The van der Waals surface area contributed by atoms with Gasteiger partial charge in [0, 0.05) is 42.4 Å². The zero-order chi connectivity index (χ0) is 27.9. The van der Waals surface area contributed by atoms with Crippen LogP contribution in [-0.4, -0.2) is 54.4 Å². The predicted molar refractivity (Wildman–Crippen MR) is 152 cm³/mol. The number of thiazole rings is 1. The molecule has 3 aliphatic rings. The minimum absolute atomic E-state index is 0.0907. The number of carbonyl (C=O) groups excluding carboxylic acids is 1. The lowest BCUT2D eigenvalue weighted by Crippen LogP contribution is -2.42. The smallest absolute Gasteiger partial charge is 0.225 e. The van der Waals surface area contributed by atoms with Crippen LogP contribution < -0.4 is 10.2 Å². The Morgan fingerprint density at radius 1 is 1.10 bits per heavy atom. The number of benzene rings is 1. The van der Waals surface area contributed by atoms with E-state index in [2.05, 4.69) is 21.3 Å². The molecule has 208 valence electrons. The highest BCUT2D eigenvalue weighted by molar-refractivity contribution is 7.91. The number of nitrogens with zero attached hydrogens (tertiary/aromatic N) is 4. The topological polar surface area (TPSA) is 116 Å². The Labute approximate surface area is 237 Å². The summed E-state index contributed by atoms with van der Waals surface area (Å²) in [6.07, 6.45) is 7.56. The van der Waals surface area contributed by atoms with E-state index in [1.165, 1.54) is 17.4 Å². The molecule has 8 nitrogen and oxygen atoms in total. The molecule has 2 aromatic heterocycles. The van der Waals surface area contributed by atoms with Gasteiger partial charge in [-0.15, -0.1) is 11.3 Å². The maximum absolute atomic E-state index is 14.1. The third-order valence-corrected chi connectivity index (χ3v) is 11.0. The molecule has 2 saturated carbocycles. The van der Waals surface area contributed by atoms with Crippen LogP contribution >= 0.6 is 11.3 Å². The molecule has 11 heteroatoms. The monoisotopic (exact) mass is 579 g/mol. The minimum Gasteiger partial charge on any atom is -0.369 e. The van der Waals surface area contributed by atoms with Crippen molar-refractivity contribution in [3.63, 3.8) is 0 Å². The van der Waals surface area contributed by atoms with Crippen molar-refractivity contribution in [3.8, 4) is 27.1 Å². The van der Waals surface area contributed by atoms with Gasteiger partial charge in [-0.25, -0.2) is 17.8 Å². The highest BCUT2D eigenvalue weighted by Crippen LogP contribution is 2.46. The Kier molecular flexibility index (Phi) is 7.09. The number of anilines is 1. The van der Waals surface area contributed by atoms with Crippen molar-refractivity contribution < 1.29 is 17.6 Å². The lowest BCUT2D eigenvalue weighted by atomic mass is 9.76. The zero-order valence-corrected chi connectivity index (χ0v) is 23.6. The summed E-state index contributed by atoms with van der Waals surface area (Å²) in [5, 5.41) is 13.2. The maximum atomic E-state index is 14.1. The van der Waals surface area contributed by atoms with Gasteiger partial charge in [0.2, 0.25) is 5.91 Å². The van der Waals surface area contributed by atoms with Crippen LogP contribution in [0.3, 0.4) is 0 Å². The van der Waals surface area contributed by atoms with Crippen molar-refractivity contribution in [2.24, 2.45) is 5.92 Å². The summed E-state index contributed by atoms with van der Waals surface area (Å²) in [5.41, 5.74) is 2.58. The molecule has 1 N–H and O–H groups in total. The SMILES string of the molecule is N#CC1(NC(=O)[C@@H]2CCCC[C@H]2c2nc(-c3cncc(F)c3)sc2-c2ccc(N3CCS(=O)(=O)CC3)cc2)CC1. The minimum atomic E-state index is -2.97. The van der Waals surface area contributed by atoms with E-state index in [9.17, 15) is 22.9 Å². The van der Waals surface area contributed by atoms with Gasteiger partial charge in [-0.3, -0.25) is 9.78 Å². The molecule has 0 radical (unpaired) electrons. The first kappa shape index (κ1) is 26.8. The van der Waals surface area contributed by atoms with E-state index in [0.29, 0.717) is 36.5 Å². The number of halogens is 1. The largest absolute Gasteiger partial charge is 0.369 e. The van der Waals surface area contributed by atoms with Crippen molar-refractivity contribution in [1.82, 2.24) is 15.3 Å². The molecule has 40 heavy (non-hydrogen) atoms. The number of rotatable bonds is 6. The van der Waals surface area contributed by atoms with Crippen LogP contribution in [0.5, 0.6) is 0 Å². The van der Waals surface area contributed by atoms with Gasteiger partial charge >= 0.3 is 0 Å². The van der Waals surface area contributed by atoms with Gasteiger partial charge in [0.25, 0.3) is 0 Å². The molecule has 1 aromatic carbocycles. The Balaban J connectivity index is 1.35. The predicted octanol–water partition coefficient (Wildman–Crippen LogP) is 4.69. The van der Waals surface area contributed by atoms with E-state index in [4.69, 9.17) is 4.98 Å². The number of hydrogen-bond acceptors (Lipinski definition) is 8. The number of hydrogen-bond donors (Lipinski definition) is 1. The van der Waals surface area contributed by atoms with Crippen molar-refractivity contribution in [3.05, 3.63) is 54.2 Å². The van der Waals surface area contributed by atoms with E-state index in [1.807, 2.05) is 24.3 Å². The molecule has 6 rings (SSSR count). The van der Waals surface area contributed by atoms with Crippen molar-refractivity contribution in [2.75, 3.05) is 29.5 Å². The third-order valence-electron chi connectivity index (χ3n) is 8.22. The molecule has 0 bridgehead atoms. The van der Waals surface area contributed by atoms with Crippen LogP contribution in [0.15, 0.2) is 42.7 Å². The molecule has 1 amide bonds. The van der Waals surface area contributed by atoms with Gasteiger partial charge in [-0.2, -0.15) is 5.26 Å². The van der Waals surface area contributed by atoms with E-state index in [1.54, 1.807) is 6.20 Å². The highest BCUT2D eigenvalue weighted by atomic mass is 32.2. The fraction of sp³-hybridized carbons (Fsp3) is 0.448. The van der Waals surface area contributed by atoms with Gasteiger partial charge < -0.3 is 10.2 Å². The fourth-order valence-corrected chi connectivity index (χ4v) is 8.05. The highest BCUT2D eigenvalue weighted by Gasteiger charge is 2.47. The standard InChI is InChI=1S/C29H30FN5O3S2/c30-21-15-20(16-32-17-21)28-33-25(23-3-1-2-4-24(23)27(36)34-29(18-31)9-10-29)26(39-28)19-5-7-22(8-6-19)35-11-13-40(37,38)14-12-35/h5-8,15-17,23-24H,1-4,9-14H2,(H,34,36)/t23-,24-/m1/s1.